The highest BCUT2D eigenvalue weighted by molar-refractivity contribution is 5.92. The number of fused-ring (bicyclic) bond motifs is 1. The minimum absolute atomic E-state index is 0.999. The van der Waals surface area contributed by atoms with Gasteiger partial charge in [-0.3, -0.25) is 0 Å². The van der Waals surface area contributed by atoms with Crippen LogP contribution < -0.4 is 4.74 Å². The van der Waals surface area contributed by atoms with Gasteiger partial charge in [-0.1, -0.05) is 23.8 Å². The molecule has 0 heterocycles. The van der Waals surface area contributed by atoms with E-state index in [9.17, 15) is 0 Å². The molecule has 0 saturated heterocycles. The van der Waals surface area contributed by atoms with Gasteiger partial charge in [-0.25, -0.2) is 0 Å². The number of methoxy groups -OCH3 is 1. The molecule has 1 nitrogen and oxygen atoms in total. The van der Waals surface area contributed by atoms with Crippen LogP contribution in [-0.4, -0.2) is 7.11 Å². The highest BCUT2D eigenvalue weighted by Gasteiger charge is 2.07. The van der Waals surface area contributed by atoms with Crippen molar-refractivity contribution >= 4 is 10.8 Å². The second-order valence-corrected chi connectivity index (χ2v) is 4.09. The molecule has 0 aliphatic carbocycles. The summed E-state index contributed by atoms with van der Waals surface area (Å²) in [6.07, 6.45) is 0. The first-order chi connectivity index (χ1) is 7.13. The van der Waals surface area contributed by atoms with Crippen LogP contribution in [-0.2, 0) is 0 Å². The molecule has 15 heavy (non-hydrogen) atoms. The van der Waals surface area contributed by atoms with E-state index < -0.39 is 0 Å². The Balaban J connectivity index is 2.91. The van der Waals surface area contributed by atoms with E-state index in [1.807, 2.05) is 0 Å². The fourth-order valence-electron chi connectivity index (χ4n) is 2.14. The van der Waals surface area contributed by atoms with E-state index in [4.69, 9.17) is 4.74 Å². The first kappa shape index (κ1) is 10.0. The van der Waals surface area contributed by atoms with Crippen LogP contribution in [0.25, 0.3) is 10.8 Å². The van der Waals surface area contributed by atoms with Crippen molar-refractivity contribution in [3.63, 3.8) is 0 Å². The third-order valence-corrected chi connectivity index (χ3v) is 2.84. The lowest BCUT2D eigenvalue weighted by Gasteiger charge is -2.12. The maximum atomic E-state index is 5.47. The zero-order chi connectivity index (χ0) is 11.0. The Labute approximate surface area is 90.7 Å². The van der Waals surface area contributed by atoms with Gasteiger partial charge in [0.1, 0.15) is 5.75 Å². The Morgan fingerprint density at radius 2 is 1.60 bits per heavy atom. The Morgan fingerprint density at radius 1 is 0.867 bits per heavy atom. The van der Waals surface area contributed by atoms with E-state index in [2.05, 4.69) is 45.0 Å². The predicted octanol–water partition coefficient (Wildman–Crippen LogP) is 3.77. The van der Waals surface area contributed by atoms with Crippen LogP contribution in [0.1, 0.15) is 16.7 Å². The summed E-state index contributed by atoms with van der Waals surface area (Å²) in [5.41, 5.74) is 3.78. The van der Waals surface area contributed by atoms with Gasteiger partial charge in [-0.2, -0.15) is 0 Å². The highest BCUT2D eigenvalue weighted by atomic mass is 16.5. The Morgan fingerprint density at radius 3 is 2.27 bits per heavy atom. The van der Waals surface area contributed by atoms with Crippen LogP contribution >= 0.6 is 0 Å². The third-order valence-electron chi connectivity index (χ3n) is 2.84. The van der Waals surface area contributed by atoms with Crippen LogP contribution in [0.15, 0.2) is 24.3 Å². The van der Waals surface area contributed by atoms with Gasteiger partial charge in [-0.15, -0.1) is 0 Å². The van der Waals surface area contributed by atoms with Crippen LogP contribution in [0.4, 0.5) is 0 Å². The molecule has 0 radical (unpaired) electrons. The fourth-order valence-corrected chi connectivity index (χ4v) is 2.14. The van der Waals surface area contributed by atoms with E-state index in [1.54, 1.807) is 7.11 Å². The minimum Gasteiger partial charge on any atom is -0.496 e. The lowest BCUT2D eigenvalue weighted by molar-refractivity contribution is 0.416. The number of ether oxygens (including phenoxy) is 1. The van der Waals surface area contributed by atoms with Gasteiger partial charge in [0.2, 0.25) is 0 Å². The Kier molecular flexibility index (Phi) is 2.39. The van der Waals surface area contributed by atoms with Crippen molar-refractivity contribution in [2.45, 2.75) is 20.8 Å². The molecule has 78 valence electrons. The molecule has 0 aromatic heterocycles. The third kappa shape index (κ3) is 1.58. The molecule has 0 unspecified atom stereocenters. The van der Waals surface area contributed by atoms with Crippen molar-refractivity contribution in [1.82, 2.24) is 0 Å². The molecule has 0 atom stereocenters. The maximum absolute atomic E-state index is 5.47. The molecule has 0 amide bonds. The molecule has 0 aliphatic rings. The van der Waals surface area contributed by atoms with Gasteiger partial charge in [0.05, 0.1) is 7.11 Å². The largest absolute Gasteiger partial charge is 0.496 e. The summed E-state index contributed by atoms with van der Waals surface area (Å²) in [7, 11) is 1.74. The SMILES string of the molecule is COc1c(C)cc(C)c2ccc(C)cc12. The average molecular weight is 200 g/mol. The summed E-state index contributed by atoms with van der Waals surface area (Å²) in [4.78, 5) is 0. The second kappa shape index (κ2) is 3.58. The van der Waals surface area contributed by atoms with Crippen LogP contribution in [0, 0.1) is 20.8 Å². The van der Waals surface area contributed by atoms with Gasteiger partial charge >= 0.3 is 0 Å². The van der Waals surface area contributed by atoms with Crippen molar-refractivity contribution in [2.75, 3.05) is 7.11 Å². The molecular formula is C14H16O. The van der Waals surface area contributed by atoms with Crippen molar-refractivity contribution < 1.29 is 4.74 Å². The molecule has 2 aromatic rings. The number of rotatable bonds is 1. The first-order valence-electron chi connectivity index (χ1n) is 5.18. The van der Waals surface area contributed by atoms with Crippen LogP contribution in [0.3, 0.4) is 0 Å². The van der Waals surface area contributed by atoms with Crippen molar-refractivity contribution in [2.24, 2.45) is 0 Å². The van der Waals surface area contributed by atoms with Crippen molar-refractivity contribution in [3.8, 4) is 5.75 Å². The monoisotopic (exact) mass is 200 g/mol. The maximum Gasteiger partial charge on any atom is 0.129 e. The van der Waals surface area contributed by atoms with E-state index in [0.717, 1.165) is 5.75 Å². The molecule has 2 aromatic carbocycles. The highest BCUT2D eigenvalue weighted by Crippen LogP contribution is 2.32. The van der Waals surface area contributed by atoms with Gasteiger partial charge < -0.3 is 4.74 Å². The van der Waals surface area contributed by atoms with Gasteiger partial charge in [0.15, 0.2) is 0 Å². The summed E-state index contributed by atoms with van der Waals surface area (Å²) in [6, 6.07) is 8.68. The fraction of sp³-hybridized carbons (Fsp3) is 0.286. The summed E-state index contributed by atoms with van der Waals surface area (Å²) in [5, 5.41) is 2.50. The Hall–Kier alpha value is -1.50. The van der Waals surface area contributed by atoms with Gasteiger partial charge in [0, 0.05) is 5.39 Å². The molecule has 2 rings (SSSR count). The quantitative estimate of drug-likeness (QED) is 0.680. The predicted molar refractivity (Wildman–Crippen MR) is 64.7 cm³/mol. The standard InChI is InChI=1S/C14H16O/c1-9-5-6-12-10(2)8-11(3)14(15-4)13(12)7-9/h5-8H,1-4H3. The minimum atomic E-state index is 0.999. The lowest BCUT2D eigenvalue weighted by atomic mass is 9.99. The van der Waals surface area contributed by atoms with E-state index in [1.165, 1.54) is 27.5 Å². The van der Waals surface area contributed by atoms with Crippen molar-refractivity contribution in [1.29, 1.82) is 0 Å². The van der Waals surface area contributed by atoms with Crippen LogP contribution in [0.2, 0.25) is 0 Å². The summed E-state index contributed by atoms with van der Waals surface area (Å²) in [6.45, 7) is 6.34. The zero-order valence-corrected chi connectivity index (χ0v) is 9.72. The molecule has 1 heteroatoms. The Bertz CT molecular complexity index is 512. The van der Waals surface area contributed by atoms with E-state index >= 15 is 0 Å². The first-order valence-corrected chi connectivity index (χ1v) is 5.18. The normalized spacial score (nSPS) is 10.7. The average Bonchev–Trinajstić information content (AvgIpc) is 2.17. The van der Waals surface area contributed by atoms with Gasteiger partial charge in [-0.05, 0) is 43.4 Å². The number of benzene rings is 2. The molecule has 0 N–H and O–H groups in total. The molecular weight excluding hydrogens is 184 g/mol. The molecule has 0 saturated carbocycles. The van der Waals surface area contributed by atoms with E-state index in [0.29, 0.717) is 0 Å². The molecule has 0 bridgehead atoms. The van der Waals surface area contributed by atoms with E-state index in [-0.39, 0.29) is 0 Å². The van der Waals surface area contributed by atoms with Gasteiger partial charge in [0.25, 0.3) is 0 Å². The zero-order valence-electron chi connectivity index (χ0n) is 9.72. The molecule has 0 aliphatic heterocycles. The number of hydrogen-bond donors (Lipinski definition) is 0. The number of aryl methyl sites for hydroxylation is 3. The summed E-state index contributed by atoms with van der Waals surface area (Å²) >= 11 is 0. The van der Waals surface area contributed by atoms with Crippen molar-refractivity contribution in [3.05, 3.63) is 41.0 Å². The summed E-state index contributed by atoms with van der Waals surface area (Å²) in [5.74, 6) is 0.999. The molecule has 0 spiro atoms. The second-order valence-electron chi connectivity index (χ2n) is 4.09. The molecule has 0 fully saturated rings. The summed E-state index contributed by atoms with van der Waals surface area (Å²) < 4.78 is 5.47. The van der Waals surface area contributed by atoms with Crippen LogP contribution in [0.5, 0.6) is 5.75 Å². The lowest BCUT2D eigenvalue weighted by Crippen LogP contribution is -1.91. The smallest absolute Gasteiger partial charge is 0.129 e. The topological polar surface area (TPSA) is 9.23 Å². The number of hydrogen-bond acceptors (Lipinski definition) is 1.